The molecule has 0 saturated heterocycles. The van der Waals surface area contributed by atoms with Crippen molar-refractivity contribution in [1.29, 1.82) is 0 Å². The molecule has 0 fully saturated rings. The third-order valence-corrected chi connectivity index (χ3v) is 2.50. The number of hydrogen-bond acceptors (Lipinski definition) is 2. The molecule has 1 atom stereocenters. The Hall–Kier alpha value is -1.68. The van der Waals surface area contributed by atoms with Gasteiger partial charge in [0.15, 0.2) is 0 Å². The molecule has 2 nitrogen and oxygen atoms in total. The lowest BCUT2D eigenvalue weighted by Crippen LogP contribution is -2.17. The molecule has 4 heteroatoms. The topological polar surface area (TPSA) is 25.2 Å². The lowest BCUT2D eigenvalue weighted by Gasteiger charge is -2.11. The van der Waals surface area contributed by atoms with Crippen LogP contribution in [-0.2, 0) is 6.54 Å². The van der Waals surface area contributed by atoms with Gasteiger partial charge >= 0.3 is 0 Å². The van der Waals surface area contributed by atoms with E-state index in [1.54, 1.807) is 12.3 Å². The van der Waals surface area contributed by atoms with Crippen molar-refractivity contribution in [3.8, 4) is 0 Å². The molecule has 1 N–H and O–H groups in total. The first kappa shape index (κ1) is 11.8. The number of furan rings is 1. The Morgan fingerprint density at radius 3 is 2.53 bits per heavy atom. The van der Waals surface area contributed by atoms with Crippen molar-refractivity contribution in [2.24, 2.45) is 0 Å². The molecule has 0 aliphatic heterocycles. The second-order valence-electron chi connectivity index (χ2n) is 3.90. The number of halogens is 2. The Morgan fingerprint density at radius 1 is 1.24 bits per heavy atom. The molecule has 0 radical (unpaired) electrons. The molecule has 1 aromatic carbocycles. The van der Waals surface area contributed by atoms with Gasteiger partial charge in [-0.25, -0.2) is 8.78 Å². The second-order valence-corrected chi connectivity index (χ2v) is 3.90. The van der Waals surface area contributed by atoms with E-state index in [1.165, 1.54) is 12.1 Å². The predicted molar refractivity (Wildman–Crippen MR) is 60.3 cm³/mol. The molecule has 1 aromatic heterocycles. The van der Waals surface area contributed by atoms with Crippen LogP contribution in [0.3, 0.4) is 0 Å². The van der Waals surface area contributed by atoms with Crippen molar-refractivity contribution in [2.45, 2.75) is 19.5 Å². The van der Waals surface area contributed by atoms with Crippen molar-refractivity contribution in [3.05, 3.63) is 59.6 Å². The molecule has 0 saturated carbocycles. The van der Waals surface area contributed by atoms with Gasteiger partial charge in [0, 0.05) is 12.6 Å². The van der Waals surface area contributed by atoms with Gasteiger partial charge in [-0.1, -0.05) is 0 Å². The van der Waals surface area contributed by atoms with Crippen LogP contribution in [0.1, 0.15) is 24.3 Å². The van der Waals surface area contributed by atoms with E-state index in [2.05, 4.69) is 5.32 Å². The van der Waals surface area contributed by atoms with Crippen LogP contribution in [-0.4, -0.2) is 0 Å². The highest BCUT2D eigenvalue weighted by Crippen LogP contribution is 2.14. The summed E-state index contributed by atoms with van der Waals surface area (Å²) in [5.41, 5.74) is 0.570. The highest BCUT2D eigenvalue weighted by Gasteiger charge is 2.08. The third-order valence-electron chi connectivity index (χ3n) is 2.50. The van der Waals surface area contributed by atoms with E-state index in [-0.39, 0.29) is 6.04 Å². The van der Waals surface area contributed by atoms with E-state index in [0.29, 0.717) is 12.1 Å². The summed E-state index contributed by atoms with van der Waals surface area (Å²) >= 11 is 0. The maximum Gasteiger partial charge on any atom is 0.126 e. The molecule has 17 heavy (non-hydrogen) atoms. The minimum atomic E-state index is -0.563. The average molecular weight is 237 g/mol. The van der Waals surface area contributed by atoms with E-state index in [1.807, 2.05) is 13.0 Å². The minimum Gasteiger partial charge on any atom is -0.468 e. The highest BCUT2D eigenvalue weighted by molar-refractivity contribution is 5.18. The van der Waals surface area contributed by atoms with Gasteiger partial charge in [0.25, 0.3) is 0 Å². The summed E-state index contributed by atoms with van der Waals surface area (Å²) in [5, 5.41) is 3.13. The molecule has 2 aromatic rings. The molecule has 1 unspecified atom stereocenters. The van der Waals surface area contributed by atoms with Crippen LogP contribution in [0.25, 0.3) is 0 Å². The lowest BCUT2D eigenvalue weighted by atomic mass is 10.2. The van der Waals surface area contributed by atoms with Crippen molar-refractivity contribution < 1.29 is 13.2 Å². The number of rotatable bonds is 4. The van der Waals surface area contributed by atoms with Crippen molar-refractivity contribution in [1.82, 2.24) is 5.32 Å². The largest absolute Gasteiger partial charge is 0.468 e. The molecular formula is C13H13F2NO. The van der Waals surface area contributed by atoms with Crippen LogP contribution >= 0.6 is 0 Å². The van der Waals surface area contributed by atoms with E-state index in [4.69, 9.17) is 4.42 Å². The summed E-state index contributed by atoms with van der Waals surface area (Å²) in [7, 11) is 0. The summed E-state index contributed by atoms with van der Waals surface area (Å²) < 4.78 is 31.1. The van der Waals surface area contributed by atoms with E-state index in [9.17, 15) is 8.78 Å². The zero-order valence-corrected chi connectivity index (χ0v) is 9.41. The zero-order chi connectivity index (χ0) is 12.3. The van der Waals surface area contributed by atoms with E-state index < -0.39 is 11.6 Å². The Labute approximate surface area is 98.3 Å². The fourth-order valence-corrected chi connectivity index (χ4v) is 1.62. The lowest BCUT2D eigenvalue weighted by molar-refractivity contribution is 0.429. The summed E-state index contributed by atoms with van der Waals surface area (Å²) in [6, 6.07) is 7.13. The van der Waals surface area contributed by atoms with E-state index in [0.717, 1.165) is 11.8 Å². The Morgan fingerprint density at radius 2 is 1.94 bits per heavy atom. The van der Waals surface area contributed by atoms with Crippen LogP contribution in [0.2, 0.25) is 0 Å². The maximum absolute atomic E-state index is 12.9. The van der Waals surface area contributed by atoms with Crippen LogP contribution in [0.5, 0.6) is 0 Å². The molecule has 0 spiro atoms. The normalized spacial score (nSPS) is 12.6. The molecule has 1 heterocycles. The molecular weight excluding hydrogens is 224 g/mol. The van der Waals surface area contributed by atoms with Crippen LogP contribution in [0.15, 0.2) is 41.0 Å². The monoisotopic (exact) mass is 237 g/mol. The van der Waals surface area contributed by atoms with Crippen molar-refractivity contribution >= 4 is 0 Å². The average Bonchev–Trinajstić information content (AvgIpc) is 2.78. The molecule has 2 rings (SSSR count). The van der Waals surface area contributed by atoms with Crippen LogP contribution < -0.4 is 5.32 Å². The van der Waals surface area contributed by atoms with Gasteiger partial charge in [-0.2, -0.15) is 0 Å². The molecule has 90 valence electrons. The highest BCUT2D eigenvalue weighted by atomic mass is 19.1. The predicted octanol–water partition coefficient (Wildman–Crippen LogP) is 3.41. The number of nitrogens with one attached hydrogen (secondary N) is 1. The first-order valence-corrected chi connectivity index (χ1v) is 5.37. The van der Waals surface area contributed by atoms with Gasteiger partial charge < -0.3 is 9.73 Å². The van der Waals surface area contributed by atoms with Gasteiger partial charge in [0.2, 0.25) is 0 Å². The zero-order valence-electron chi connectivity index (χ0n) is 9.41. The van der Waals surface area contributed by atoms with Gasteiger partial charge in [-0.15, -0.1) is 0 Å². The molecule has 0 amide bonds. The third kappa shape index (κ3) is 3.14. The number of benzene rings is 1. The van der Waals surface area contributed by atoms with Crippen molar-refractivity contribution in [2.75, 3.05) is 0 Å². The second kappa shape index (κ2) is 5.10. The van der Waals surface area contributed by atoms with Crippen LogP contribution in [0, 0.1) is 11.6 Å². The summed E-state index contributed by atoms with van der Waals surface area (Å²) in [4.78, 5) is 0. The fourth-order valence-electron chi connectivity index (χ4n) is 1.62. The standard InChI is InChI=1S/C13H13F2NO/c1-9(13-3-2-4-17-13)16-8-10-5-11(14)7-12(15)6-10/h2-7,9,16H,8H2,1H3. The SMILES string of the molecule is CC(NCc1cc(F)cc(F)c1)c1ccco1. The summed E-state index contributed by atoms with van der Waals surface area (Å²) in [6.45, 7) is 2.31. The van der Waals surface area contributed by atoms with Crippen molar-refractivity contribution in [3.63, 3.8) is 0 Å². The smallest absolute Gasteiger partial charge is 0.126 e. The molecule has 0 aliphatic rings. The van der Waals surface area contributed by atoms with Crippen LogP contribution in [0.4, 0.5) is 8.78 Å². The van der Waals surface area contributed by atoms with E-state index >= 15 is 0 Å². The molecule has 0 bridgehead atoms. The maximum atomic E-state index is 12.9. The van der Waals surface area contributed by atoms with Gasteiger partial charge in [0.05, 0.1) is 12.3 Å². The Balaban J connectivity index is 1.98. The molecule has 0 aliphatic carbocycles. The fraction of sp³-hybridized carbons (Fsp3) is 0.231. The number of hydrogen-bond donors (Lipinski definition) is 1. The quantitative estimate of drug-likeness (QED) is 0.881. The first-order valence-electron chi connectivity index (χ1n) is 5.37. The minimum absolute atomic E-state index is 0.00340. The van der Waals surface area contributed by atoms with Gasteiger partial charge in [-0.3, -0.25) is 0 Å². The Kier molecular flexibility index (Phi) is 3.54. The summed E-state index contributed by atoms with van der Waals surface area (Å²) in [6.07, 6.45) is 1.59. The summed E-state index contributed by atoms with van der Waals surface area (Å²) in [5.74, 6) is -0.332. The first-order chi connectivity index (χ1) is 8.15. The van der Waals surface area contributed by atoms with Gasteiger partial charge in [-0.05, 0) is 36.8 Å². The van der Waals surface area contributed by atoms with Gasteiger partial charge in [0.1, 0.15) is 17.4 Å². The Bertz CT molecular complexity index is 462.